The molecule has 0 saturated carbocycles. The molecule has 1 atom stereocenters. The minimum atomic E-state index is -0.254. The fraction of sp³-hybridized carbons (Fsp3) is 0.750. The van der Waals surface area contributed by atoms with E-state index in [0.717, 1.165) is 18.2 Å². The minimum absolute atomic E-state index is 0.254. The third kappa shape index (κ3) is 2.44. The Labute approximate surface area is 101 Å². The Kier molecular flexibility index (Phi) is 3.62. The average Bonchev–Trinajstić information content (AvgIpc) is 2.89. The Morgan fingerprint density at radius 1 is 1.62 bits per heavy atom. The van der Waals surface area contributed by atoms with Crippen LogP contribution >= 0.6 is 11.3 Å². The van der Waals surface area contributed by atoms with E-state index in [2.05, 4.69) is 24.5 Å². The first-order valence-electron chi connectivity index (χ1n) is 5.96. The molecule has 0 aliphatic carbocycles. The summed E-state index contributed by atoms with van der Waals surface area (Å²) in [5.74, 6) is 0. The first-order valence-corrected chi connectivity index (χ1v) is 6.84. The van der Waals surface area contributed by atoms with Crippen LogP contribution < -0.4 is 5.32 Å². The number of rotatable bonds is 4. The molecule has 0 radical (unpaired) electrons. The molecule has 1 aromatic heterocycles. The van der Waals surface area contributed by atoms with E-state index < -0.39 is 0 Å². The van der Waals surface area contributed by atoms with Gasteiger partial charge in [-0.25, -0.2) is 4.98 Å². The van der Waals surface area contributed by atoms with E-state index >= 15 is 0 Å². The van der Waals surface area contributed by atoms with Crippen molar-refractivity contribution in [2.24, 2.45) is 0 Å². The van der Waals surface area contributed by atoms with Gasteiger partial charge in [0.25, 0.3) is 0 Å². The van der Waals surface area contributed by atoms with Crippen LogP contribution in [0.1, 0.15) is 50.4 Å². The van der Waals surface area contributed by atoms with Crippen molar-refractivity contribution in [3.8, 4) is 0 Å². The van der Waals surface area contributed by atoms with Crippen molar-refractivity contribution in [1.82, 2.24) is 10.3 Å². The van der Waals surface area contributed by atoms with Crippen LogP contribution in [-0.2, 0) is 10.3 Å². The predicted octanol–water partition coefficient (Wildman–Crippen LogP) is 2.84. The number of hydrogen-bond acceptors (Lipinski definition) is 4. The quantitative estimate of drug-likeness (QED) is 0.878. The molecule has 2 heterocycles. The normalized spacial score (nSPS) is 21.6. The maximum atomic E-state index is 5.72. The molecule has 1 aliphatic rings. The Morgan fingerprint density at radius 2 is 2.44 bits per heavy atom. The van der Waals surface area contributed by atoms with Gasteiger partial charge >= 0.3 is 0 Å². The van der Waals surface area contributed by atoms with Gasteiger partial charge in [0, 0.05) is 12.0 Å². The first-order chi connectivity index (χ1) is 7.63. The van der Waals surface area contributed by atoms with Gasteiger partial charge in [-0.2, -0.15) is 0 Å². The Bertz CT molecular complexity index is 343. The van der Waals surface area contributed by atoms with Crippen LogP contribution in [0.3, 0.4) is 0 Å². The van der Waals surface area contributed by atoms with Gasteiger partial charge in [0.05, 0.1) is 11.7 Å². The number of aromatic nitrogens is 1. The topological polar surface area (TPSA) is 34.1 Å². The highest BCUT2D eigenvalue weighted by atomic mass is 32.1. The van der Waals surface area contributed by atoms with Crippen LogP contribution in [0.25, 0.3) is 0 Å². The number of nitrogens with zero attached hydrogens (tertiary/aromatic N) is 1. The fourth-order valence-electron chi connectivity index (χ4n) is 2.08. The molecule has 4 heteroatoms. The molecule has 1 aliphatic heterocycles. The lowest BCUT2D eigenvalue weighted by Gasteiger charge is -2.21. The van der Waals surface area contributed by atoms with Gasteiger partial charge in [-0.05, 0) is 40.2 Å². The zero-order valence-corrected chi connectivity index (χ0v) is 11.1. The van der Waals surface area contributed by atoms with E-state index in [-0.39, 0.29) is 5.60 Å². The van der Waals surface area contributed by atoms with E-state index in [1.165, 1.54) is 18.5 Å². The number of nitrogens with one attached hydrogen (secondary N) is 1. The van der Waals surface area contributed by atoms with Gasteiger partial charge in [0.1, 0.15) is 10.6 Å². The van der Waals surface area contributed by atoms with Crippen LogP contribution in [-0.4, -0.2) is 18.1 Å². The molecule has 0 aromatic carbocycles. The minimum Gasteiger partial charge on any atom is -0.369 e. The van der Waals surface area contributed by atoms with Crippen LogP contribution in [0.4, 0.5) is 0 Å². The standard InChI is InChI=1S/C12H20N2OS/c1-4-15-12(2,3)11-14-10(8-16-11)9-6-5-7-13-9/h8-9,13H,4-7H2,1-3H3/t9-/m0/s1. The van der Waals surface area contributed by atoms with Crippen molar-refractivity contribution in [3.05, 3.63) is 16.1 Å². The van der Waals surface area contributed by atoms with Crippen LogP contribution in [0.15, 0.2) is 5.38 Å². The Balaban J connectivity index is 2.12. The zero-order chi connectivity index (χ0) is 11.6. The number of hydrogen-bond donors (Lipinski definition) is 1. The smallest absolute Gasteiger partial charge is 0.124 e. The molecule has 1 aromatic rings. The summed E-state index contributed by atoms with van der Waals surface area (Å²) >= 11 is 1.71. The summed E-state index contributed by atoms with van der Waals surface area (Å²) < 4.78 is 5.72. The summed E-state index contributed by atoms with van der Waals surface area (Å²) in [6, 6.07) is 0.461. The second kappa shape index (κ2) is 4.82. The SMILES string of the molecule is CCOC(C)(C)c1nc([C@@H]2CCCN2)cs1. The lowest BCUT2D eigenvalue weighted by Crippen LogP contribution is -2.22. The molecule has 16 heavy (non-hydrogen) atoms. The molecule has 0 spiro atoms. The molecule has 2 rings (SSSR count). The Morgan fingerprint density at radius 3 is 3.06 bits per heavy atom. The lowest BCUT2D eigenvalue weighted by atomic mass is 10.1. The maximum Gasteiger partial charge on any atom is 0.124 e. The van der Waals surface area contributed by atoms with E-state index in [9.17, 15) is 0 Å². The summed E-state index contributed by atoms with van der Waals surface area (Å²) in [6.07, 6.45) is 2.46. The summed E-state index contributed by atoms with van der Waals surface area (Å²) in [6.45, 7) is 8.03. The number of thiazole rings is 1. The van der Waals surface area contributed by atoms with Crippen LogP contribution in [0, 0.1) is 0 Å². The summed E-state index contributed by atoms with van der Waals surface area (Å²) in [4.78, 5) is 4.71. The highest BCUT2D eigenvalue weighted by Gasteiger charge is 2.27. The van der Waals surface area contributed by atoms with E-state index in [4.69, 9.17) is 9.72 Å². The van der Waals surface area contributed by atoms with E-state index in [1.807, 2.05) is 6.92 Å². The van der Waals surface area contributed by atoms with Crippen molar-refractivity contribution < 1.29 is 4.74 Å². The third-order valence-corrected chi connectivity index (χ3v) is 4.12. The van der Waals surface area contributed by atoms with Crippen molar-refractivity contribution in [2.45, 2.75) is 45.3 Å². The molecule has 1 N–H and O–H groups in total. The maximum absolute atomic E-state index is 5.72. The average molecular weight is 240 g/mol. The molecule has 1 fully saturated rings. The number of ether oxygens (including phenoxy) is 1. The van der Waals surface area contributed by atoms with Gasteiger partial charge in [0.2, 0.25) is 0 Å². The van der Waals surface area contributed by atoms with Gasteiger partial charge in [-0.15, -0.1) is 11.3 Å². The van der Waals surface area contributed by atoms with Crippen molar-refractivity contribution >= 4 is 11.3 Å². The van der Waals surface area contributed by atoms with E-state index in [0.29, 0.717) is 6.04 Å². The van der Waals surface area contributed by atoms with Gasteiger partial charge < -0.3 is 10.1 Å². The zero-order valence-electron chi connectivity index (χ0n) is 10.2. The summed E-state index contributed by atoms with van der Waals surface area (Å²) in [5.41, 5.74) is 0.932. The van der Waals surface area contributed by atoms with Crippen LogP contribution in [0.2, 0.25) is 0 Å². The molecule has 90 valence electrons. The lowest BCUT2D eigenvalue weighted by molar-refractivity contribution is -0.0142. The molecule has 0 unspecified atom stereocenters. The Hall–Kier alpha value is -0.450. The second-order valence-electron chi connectivity index (χ2n) is 4.67. The highest BCUT2D eigenvalue weighted by Crippen LogP contribution is 2.31. The third-order valence-electron chi connectivity index (χ3n) is 2.96. The van der Waals surface area contributed by atoms with Crippen LogP contribution in [0.5, 0.6) is 0 Å². The molecular formula is C12H20N2OS. The van der Waals surface area contributed by atoms with Gasteiger partial charge in [0.15, 0.2) is 0 Å². The van der Waals surface area contributed by atoms with Crippen molar-refractivity contribution in [3.63, 3.8) is 0 Å². The largest absolute Gasteiger partial charge is 0.369 e. The first kappa shape index (κ1) is 12.0. The monoisotopic (exact) mass is 240 g/mol. The molecular weight excluding hydrogens is 220 g/mol. The van der Waals surface area contributed by atoms with Crippen molar-refractivity contribution in [1.29, 1.82) is 0 Å². The molecule has 0 bridgehead atoms. The second-order valence-corrected chi connectivity index (χ2v) is 5.53. The molecule has 0 amide bonds. The van der Waals surface area contributed by atoms with Crippen molar-refractivity contribution in [2.75, 3.05) is 13.2 Å². The van der Waals surface area contributed by atoms with Gasteiger partial charge in [-0.3, -0.25) is 0 Å². The summed E-state index contributed by atoms with van der Waals surface area (Å²) in [5, 5.41) is 6.72. The summed E-state index contributed by atoms with van der Waals surface area (Å²) in [7, 11) is 0. The van der Waals surface area contributed by atoms with E-state index in [1.54, 1.807) is 11.3 Å². The highest BCUT2D eigenvalue weighted by molar-refractivity contribution is 7.09. The molecule has 3 nitrogen and oxygen atoms in total. The fourth-order valence-corrected chi connectivity index (χ4v) is 3.03. The van der Waals surface area contributed by atoms with Gasteiger partial charge in [-0.1, -0.05) is 0 Å². The predicted molar refractivity (Wildman–Crippen MR) is 66.7 cm³/mol. The molecule has 1 saturated heterocycles.